The van der Waals surface area contributed by atoms with E-state index in [4.69, 9.17) is 5.73 Å². The van der Waals surface area contributed by atoms with Crippen LogP contribution in [-0.2, 0) is 10.2 Å². The Morgan fingerprint density at radius 1 is 1.20 bits per heavy atom. The van der Waals surface area contributed by atoms with E-state index in [-0.39, 0.29) is 18.0 Å². The van der Waals surface area contributed by atoms with Gasteiger partial charge in [0.1, 0.15) is 0 Å². The number of nitrogens with two attached hydrogens (primary N) is 1. The fraction of sp³-hybridized carbons (Fsp3) is 0.588. The molecule has 0 bridgehead atoms. The minimum absolute atomic E-state index is 0.115. The van der Waals surface area contributed by atoms with Gasteiger partial charge in [0.05, 0.1) is 5.41 Å². The molecule has 2 atom stereocenters. The molecule has 3 heteroatoms. The van der Waals surface area contributed by atoms with E-state index in [1.165, 1.54) is 12.8 Å². The summed E-state index contributed by atoms with van der Waals surface area (Å²) in [6.07, 6.45) is 4.39. The van der Waals surface area contributed by atoms with E-state index in [1.807, 2.05) is 56.1 Å². The van der Waals surface area contributed by atoms with Gasteiger partial charge in [-0.25, -0.2) is 0 Å². The van der Waals surface area contributed by atoms with Crippen molar-refractivity contribution in [3.8, 4) is 0 Å². The number of nitrogens with zero attached hydrogens (tertiary/aromatic N) is 1. The first-order chi connectivity index (χ1) is 9.44. The highest BCUT2D eigenvalue weighted by molar-refractivity contribution is 5.87. The maximum atomic E-state index is 12.9. The minimum atomic E-state index is -0.507. The van der Waals surface area contributed by atoms with Crippen LogP contribution in [0.15, 0.2) is 30.3 Å². The molecule has 2 unspecified atom stereocenters. The molecular weight excluding hydrogens is 248 g/mol. The number of amides is 1. The van der Waals surface area contributed by atoms with Crippen LogP contribution in [0.2, 0.25) is 0 Å². The molecule has 2 rings (SSSR count). The Kier molecular flexibility index (Phi) is 4.48. The number of rotatable bonds is 3. The predicted molar refractivity (Wildman–Crippen MR) is 82.5 cm³/mol. The van der Waals surface area contributed by atoms with Crippen LogP contribution in [0.25, 0.3) is 0 Å². The molecule has 0 spiro atoms. The third-order valence-corrected chi connectivity index (χ3v) is 4.63. The molecule has 110 valence electrons. The number of hydrogen-bond donors (Lipinski definition) is 1. The maximum absolute atomic E-state index is 12.9. The van der Waals surface area contributed by atoms with E-state index in [9.17, 15) is 4.79 Å². The van der Waals surface area contributed by atoms with Crippen molar-refractivity contribution >= 4 is 5.91 Å². The number of hydrogen-bond acceptors (Lipinski definition) is 2. The van der Waals surface area contributed by atoms with Crippen molar-refractivity contribution in [2.24, 2.45) is 5.73 Å². The van der Waals surface area contributed by atoms with Crippen molar-refractivity contribution in [3.05, 3.63) is 35.9 Å². The Morgan fingerprint density at radius 3 is 2.40 bits per heavy atom. The quantitative estimate of drug-likeness (QED) is 0.921. The van der Waals surface area contributed by atoms with E-state index in [1.54, 1.807) is 0 Å². The molecule has 0 radical (unpaired) electrons. The molecule has 0 aromatic heterocycles. The van der Waals surface area contributed by atoms with Crippen LogP contribution in [0.1, 0.15) is 45.1 Å². The zero-order valence-electron chi connectivity index (χ0n) is 12.8. The molecule has 1 aliphatic carbocycles. The lowest BCUT2D eigenvalue weighted by molar-refractivity contribution is -0.138. The molecule has 0 aliphatic heterocycles. The smallest absolute Gasteiger partial charge is 0.232 e. The van der Waals surface area contributed by atoms with Crippen LogP contribution in [0.4, 0.5) is 0 Å². The maximum Gasteiger partial charge on any atom is 0.232 e. The molecule has 1 aliphatic rings. The van der Waals surface area contributed by atoms with E-state index in [2.05, 4.69) is 0 Å². The van der Waals surface area contributed by atoms with Crippen LogP contribution < -0.4 is 5.73 Å². The molecule has 1 fully saturated rings. The third kappa shape index (κ3) is 2.88. The van der Waals surface area contributed by atoms with Crippen LogP contribution in [0.5, 0.6) is 0 Å². The van der Waals surface area contributed by atoms with Crippen LogP contribution in [-0.4, -0.2) is 29.9 Å². The van der Waals surface area contributed by atoms with Gasteiger partial charge in [-0.15, -0.1) is 0 Å². The van der Waals surface area contributed by atoms with Crippen LogP contribution in [0, 0.1) is 0 Å². The average Bonchev–Trinajstić information content (AvgIpc) is 2.47. The largest absolute Gasteiger partial charge is 0.340 e. The Labute approximate surface area is 122 Å². The average molecular weight is 274 g/mol. The first-order valence-electron chi connectivity index (χ1n) is 7.53. The fourth-order valence-corrected chi connectivity index (χ4v) is 3.19. The molecule has 0 saturated heterocycles. The lowest BCUT2D eigenvalue weighted by Gasteiger charge is -2.40. The molecule has 1 aromatic carbocycles. The summed E-state index contributed by atoms with van der Waals surface area (Å²) in [5.41, 5.74) is 6.76. The zero-order chi connectivity index (χ0) is 14.8. The third-order valence-electron chi connectivity index (χ3n) is 4.63. The van der Waals surface area contributed by atoms with E-state index >= 15 is 0 Å². The van der Waals surface area contributed by atoms with Crippen molar-refractivity contribution in [3.63, 3.8) is 0 Å². The number of carbonyl (C=O) groups excluding carboxylic acids is 1. The summed E-state index contributed by atoms with van der Waals surface area (Å²) in [6, 6.07) is 10.3. The van der Waals surface area contributed by atoms with Gasteiger partial charge < -0.3 is 10.6 Å². The second-order valence-corrected chi connectivity index (χ2v) is 6.42. The Hall–Kier alpha value is -1.35. The van der Waals surface area contributed by atoms with Crippen molar-refractivity contribution in [2.45, 2.75) is 57.0 Å². The summed E-state index contributed by atoms with van der Waals surface area (Å²) in [5, 5.41) is 0. The summed E-state index contributed by atoms with van der Waals surface area (Å²) in [6.45, 7) is 3.99. The molecular formula is C17H26N2O. The highest BCUT2D eigenvalue weighted by Crippen LogP contribution is 2.29. The van der Waals surface area contributed by atoms with Gasteiger partial charge in [0.25, 0.3) is 0 Å². The molecule has 1 saturated carbocycles. The van der Waals surface area contributed by atoms with E-state index in [0.29, 0.717) is 0 Å². The van der Waals surface area contributed by atoms with Gasteiger partial charge in [0.15, 0.2) is 0 Å². The zero-order valence-corrected chi connectivity index (χ0v) is 12.8. The van der Waals surface area contributed by atoms with Gasteiger partial charge in [0, 0.05) is 19.1 Å². The molecule has 20 heavy (non-hydrogen) atoms. The number of likely N-dealkylation sites (N-methyl/N-ethyl adjacent to an activating group) is 1. The van der Waals surface area contributed by atoms with Crippen molar-refractivity contribution in [1.82, 2.24) is 4.90 Å². The molecule has 0 heterocycles. The van der Waals surface area contributed by atoms with Gasteiger partial charge in [0.2, 0.25) is 5.91 Å². The van der Waals surface area contributed by atoms with Crippen LogP contribution >= 0.6 is 0 Å². The second kappa shape index (κ2) is 5.96. The van der Waals surface area contributed by atoms with Gasteiger partial charge in [-0.2, -0.15) is 0 Å². The highest BCUT2D eigenvalue weighted by Gasteiger charge is 2.37. The molecule has 2 N–H and O–H groups in total. The monoisotopic (exact) mass is 274 g/mol. The topological polar surface area (TPSA) is 46.3 Å². The summed E-state index contributed by atoms with van der Waals surface area (Å²) in [4.78, 5) is 14.8. The Bertz CT molecular complexity index is 455. The normalized spacial score (nSPS) is 23.4. The first-order valence-corrected chi connectivity index (χ1v) is 7.53. The molecule has 1 aromatic rings. The number of carbonyl (C=O) groups is 1. The van der Waals surface area contributed by atoms with E-state index in [0.717, 1.165) is 18.4 Å². The first kappa shape index (κ1) is 15.0. The van der Waals surface area contributed by atoms with Gasteiger partial charge in [-0.1, -0.05) is 43.2 Å². The number of benzene rings is 1. The summed E-state index contributed by atoms with van der Waals surface area (Å²) in [7, 11) is 1.91. The summed E-state index contributed by atoms with van der Waals surface area (Å²) < 4.78 is 0. The molecule has 1 amide bonds. The van der Waals surface area contributed by atoms with Gasteiger partial charge >= 0.3 is 0 Å². The lowest BCUT2D eigenvalue weighted by Crippen LogP contribution is -2.54. The van der Waals surface area contributed by atoms with Crippen molar-refractivity contribution < 1.29 is 4.79 Å². The summed E-state index contributed by atoms with van der Waals surface area (Å²) >= 11 is 0. The SMILES string of the molecule is CN(C(=O)C(C)(C)c1ccccc1)C1CCCCC1N. The predicted octanol–water partition coefficient (Wildman–Crippen LogP) is 2.69. The second-order valence-electron chi connectivity index (χ2n) is 6.42. The van der Waals surface area contributed by atoms with Crippen LogP contribution in [0.3, 0.4) is 0 Å². The van der Waals surface area contributed by atoms with Crippen molar-refractivity contribution in [2.75, 3.05) is 7.05 Å². The minimum Gasteiger partial charge on any atom is -0.340 e. The van der Waals surface area contributed by atoms with Crippen molar-refractivity contribution in [1.29, 1.82) is 0 Å². The fourth-order valence-electron chi connectivity index (χ4n) is 3.19. The standard InChI is InChI=1S/C17H26N2O/c1-17(2,13-9-5-4-6-10-13)16(20)19(3)15-12-8-7-11-14(15)18/h4-6,9-10,14-15H,7-8,11-12,18H2,1-3H3. The Balaban J connectivity index is 2.17. The van der Waals surface area contributed by atoms with Gasteiger partial charge in [-0.05, 0) is 32.3 Å². The lowest BCUT2D eigenvalue weighted by atomic mass is 9.81. The highest BCUT2D eigenvalue weighted by atomic mass is 16.2. The van der Waals surface area contributed by atoms with Gasteiger partial charge in [-0.3, -0.25) is 4.79 Å². The van der Waals surface area contributed by atoms with E-state index < -0.39 is 5.41 Å². The Morgan fingerprint density at radius 2 is 1.80 bits per heavy atom. The summed E-state index contributed by atoms with van der Waals surface area (Å²) in [5.74, 6) is 0.158. The molecule has 3 nitrogen and oxygen atoms in total.